The Labute approximate surface area is 156 Å². The molecule has 146 valence electrons. The van der Waals surface area contributed by atoms with E-state index in [4.69, 9.17) is 0 Å². The number of carbonyl (C=O) groups excluding carboxylic acids is 2. The monoisotopic (exact) mass is 379 g/mol. The summed E-state index contributed by atoms with van der Waals surface area (Å²) in [5.74, 6) is -3.55. The number of fused-ring (bicyclic) bond motifs is 1. The van der Waals surface area contributed by atoms with Gasteiger partial charge in [-0.05, 0) is 25.5 Å². The van der Waals surface area contributed by atoms with Crippen molar-refractivity contribution < 1.29 is 18.4 Å². The second kappa shape index (κ2) is 8.79. The van der Waals surface area contributed by atoms with Crippen LogP contribution in [0.2, 0.25) is 0 Å². The molecule has 7 nitrogen and oxygen atoms in total. The molecule has 0 spiro atoms. The molecule has 1 aromatic carbocycles. The molecule has 0 saturated carbocycles. The highest BCUT2D eigenvalue weighted by molar-refractivity contribution is 5.91. The Morgan fingerprint density at radius 1 is 1.04 bits per heavy atom. The number of hydrogen-bond donors (Lipinski definition) is 0. The first kappa shape index (κ1) is 20.6. The maximum absolute atomic E-state index is 12.8. The third-order valence-electron chi connectivity index (χ3n) is 4.09. The molecule has 0 atom stereocenters. The van der Waals surface area contributed by atoms with Gasteiger partial charge in [-0.1, -0.05) is 12.1 Å². The van der Waals surface area contributed by atoms with E-state index in [-0.39, 0.29) is 24.1 Å². The summed E-state index contributed by atoms with van der Waals surface area (Å²) in [6, 6.07) is 7.12. The molecule has 0 fully saturated rings. The second-order valence-electron chi connectivity index (χ2n) is 6.59. The smallest absolute Gasteiger partial charge is 0.293 e. The minimum absolute atomic E-state index is 0.00538. The molecule has 0 aliphatic carbocycles. The topological polar surface area (TPSA) is 79.3 Å². The van der Waals surface area contributed by atoms with Crippen LogP contribution < -0.4 is 0 Å². The number of hydrogen-bond acceptors (Lipinski definition) is 5. The molecule has 0 aliphatic heterocycles. The number of carbonyl (C=O) groups is 2. The van der Waals surface area contributed by atoms with E-state index in [0.29, 0.717) is 30.5 Å². The van der Waals surface area contributed by atoms with Gasteiger partial charge in [-0.3, -0.25) is 9.59 Å². The van der Waals surface area contributed by atoms with Gasteiger partial charge in [0.15, 0.2) is 0 Å². The zero-order valence-electron chi connectivity index (χ0n) is 15.7. The van der Waals surface area contributed by atoms with Crippen molar-refractivity contribution in [2.45, 2.75) is 32.1 Å². The molecular weight excluding hydrogens is 356 g/mol. The first-order valence-electron chi connectivity index (χ1n) is 8.64. The predicted octanol–water partition coefficient (Wildman–Crippen LogP) is 2.38. The predicted molar refractivity (Wildman–Crippen MR) is 96.4 cm³/mol. The van der Waals surface area contributed by atoms with Crippen LogP contribution in [0.15, 0.2) is 24.3 Å². The zero-order valence-corrected chi connectivity index (χ0v) is 15.7. The minimum Gasteiger partial charge on any atom is -0.346 e. The van der Waals surface area contributed by atoms with E-state index in [9.17, 15) is 18.4 Å². The largest absolute Gasteiger partial charge is 0.346 e. The molecule has 0 unspecified atom stereocenters. The summed E-state index contributed by atoms with van der Waals surface area (Å²) < 4.78 is 25.6. The summed E-state index contributed by atoms with van der Waals surface area (Å²) in [6.07, 6.45) is -0.166. The van der Waals surface area contributed by atoms with Crippen LogP contribution in [0.1, 0.15) is 36.8 Å². The molecule has 0 radical (unpaired) electrons. The lowest BCUT2D eigenvalue weighted by Crippen LogP contribution is -2.34. The van der Waals surface area contributed by atoms with Crippen molar-refractivity contribution in [1.82, 2.24) is 25.0 Å². The fourth-order valence-electron chi connectivity index (χ4n) is 2.43. The highest BCUT2D eigenvalue weighted by Crippen LogP contribution is 2.19. The van der Waals surface area contributed by atoms with Gasteiger partial charge in [0, 0.05) is 40.0 Å². The van der Waals surface area contributed by atoms with Crippen LogP contribution in [0.5, 0.6) is 0 Å². The lowest BCUT2D eigenvalue weighted by Gasteiger charge is -2.21. The second-order valence-corrected chi connectivity index (χ2v) is 6.59. The first-order chi connectivity index (χ1) is 12.7. The fraction of sp³-hybridized carbons (Fsp3) is 0.500. The van der Waals surface area contributed by atoms with Gasteiger partial charge >= 0.3 is 0 Å². The molecule has 0 aliphatic rings. The minimum atomic E-state index is -2.85. The van der Waals surface area contributed by atoms with Crippen LogP contribution in [0.3, 0.4) is 0 Å². The highest BCUT2D eigenvalue weighted by Gasteiger charge is 2.23. The van der Waals surface area contributed by atoms with Gasteiger partial charge in [0.2, 0.25) is 17.7 Å². The number of para-hydroxylation sites is 1. The number of halogens is 2. The van der Waals surface area contributed by atoms with E-state index in [1.165, 1.54) is 9.80 Å². The summed E-state index contributed by atoms with van der Waals surface area (Å²) in [5.41, 5.74) is 1.19. The highest BCUT2D eigenvalue weighted by atomic mass is 19.3. The Morgan fingerprint density at radius 3 is 2.33 bits per heavy atom. The van der Waals surface area contributed by atoms with E-state index in [1.54, 1.807) is 32.3 Å². The Morgan fingerprint density at radius 2 is 1.67 bits per heavy atom. The lowest BCUT2D eigenvalue weighted by molar-refractivity contribution is -0.131. The van der Waals surface area contributed by atoms with Crippen molar-refractivity contribution in [3.63, 3.8) is 0 Å². The van der Waals surface area contributed by atoms with Gasteiger partial charge in [-0.25, -0.2) is 13.8 Å². The summed E-state index contributed by atoms with van der Waals surface area (Å²) in [5, 5.41) is 7.84. The third kappa shape index (κ3) is 6.19. The van der Waals surface area contributed by atoms with Crippen molar-refractivity contribution in [1.29, 1.82) is 0 Å². The average Bonchev–Trinajstić information content (AvgIpc) is 2.64. The van der Waals surface area contributed by atoms with Crippen LogP contribution in [0.25, 0.3) is 11.0 Å². The van der Waals surface area contributed by atoms with Crippen LogP contribution in [-0.2, 0) is 4.79 Å². The molecule has 1 aromatic heterocycles. The molecule has 27 heavy (non-hydrogen) atoms. The van der Waals surface area contributed by atoms with Crippen LogP contribution >= 0.6 is 0 Å². The molecule has 2 amide bonds. The van der Waals surface area contributed by atoms with Gasteiger partial charge in [0.25, 0.3) is 5.91 Å². The molecule has 1 heterocycles. The zero-order chi connectivity index (χ0) is 20.0. The van der Waals surface area contributed by atoms with Crippen molar-refractivity contribution >= 4 is 22.8 Å². The summed E-state index contributed by atoms with van der Waals surface area (Å²) in [6.45, 7) is 1.53. The maximum Gasteiger partial charge on any atom is 0.293 e. The Kier molecular flexibility index (Phi) is 6.70. The van der Waals surface area contributed by atoms with Crippen LogP contribution in [0.4, 0.5) is 8.78 Å². The van der Waals surface area contributed by atoms with Crippen molar-refractivity contribution in [3.8, 4) is 0 Å². The van der Waals surface area contributed by atoms with E-state index in [1.807, 2.05) is 6.07 Å². The van der Waals surface area contributed by atoms with Crippen molar-refractivity contribution in [2.24, 2.45) is 0 Å². The van der Waals surface area contributed by atoms with Crippen LogP contribution in [-0.4, -0.2) is 69.9 Å². The van der Waals surface area contributed by atoms with Crippen LogP contribution in [0, 0.1) is 0 Å². The Hall–Kier alpha value is -2.71. The van der Waals surface area contributed by atoms with Gasteiger partial charge in [0.1, 0.15) is 5.52 Å². The van der Waals surface area contributed by atoms with Gasteiger partial charge in [0.05, 0.1) is 5.52 Å². The lowest BCUT2D eigenvalue weighted by atomic mass is 10.2. The first-order valence-corrected chi connectivity index (χ1v) is 8.64. The molecule has 0 N–H and O–H groups in total. The number of amides is 2. The van der Waals surface area contributed by atoms with E-state index >= 15 is 0 Å². The van der Waals surface area contributed by atoms with E-state index < -0.39 is 12.3 Å². The van der Waals surface area contributed by atoms with E-state index in [2.05, 4.69) is 15.2 Å². The summed E-state index contributed by atoms with van der Waals surface area (Å²) in [7, 11) is 3.18. The number of benzene rings is 1. The molecule has 0 bridgehead atoms. The van der Waals surface area contributed by atoms with Crippen molar-refractivity contribution in [2.75, 3.05) is 27.2 Å². The number of nitrogens with zero attached hydrogens (tertiary/aromatic N) is 5. The summed E-state index contributed by atoms with van der Waals surface area (Å²) >= 11 is 0. The fourth-order valence-corrected chi connectivity index (χ4v) is 2.43. The van der Waals surface area contributed by atoms with Crippen molar-refractivity contribution in [3.05, 3.63) is 30.1 Å². The number of alkyl halides is 2. The SMILES string of the molecule is CN(CCCN(C)C(=O)c1nnc2ccccc2n1)C(=O)CCC(C)(F)F. The van der Waals surface area contributed by atoms with E-state index in [0.717, 1.165) is 6.92 Å². The maximum atomic E-state index is 12.8. The normalized spacial score (nSPS) is 11.4. The molecule has 9 heteroatoms. The Bertz CT molecular complexity index is 810. The molecule has 0 saturated heterocycles. The standard InChI is InChI=1S/C18H23F2N5O2/c1-18(19,20)10-9-15(26)24(2)11-6-12-25(3)17(27)16-21-13-7-4-5-8-14(13)22-23-16/h4-5,7-8H,6,9-12H2,1-3H3. The molecular formula is C18H23F2N5O2. The Balaban J connectivity index is 1.82. The average molecular weight is 379 g/mol. The van der Waals surface area contributed by atoms with Gasteiger partial charge < -0.3 is 9.80 Å². The quantitative estimate of drug-likeness (QED) is 0.704. The van der Waals surface area contributed by atoms with Gasteiger partial charge in [-0.2, -0.15) is 0 Å². The van der Waals surface area contributed by atoms with Gasteiger partial charge in [-0.15, -0.1) is 10.2 Å². The third-order valence-corrected chi connectivity index (χ3v) is 4.09. The molecule has 2 rings (SSSR count). The molecule has 2 aromatic rings. The summed E-state index contributed by atoms with van der Waals surface area (Å²) in [4.78, 5) is 31.3. The number of rotatable bonds is 8. The number of aromatic nitrogens is 3.